The van der Waals surface area contributed by atoms with Crippen LogP contribution in [-0.2, 0) is 16.6 Å². The lowest BCUT2D eigenvalue weighted by Gasteiger charge is -2.25. The van der Waals surface area contributed by atoms with E-state index in [1.807, 2.05) is 12.1 Å². The van der Waals surface area contributed by atoms with Gasteiger partial charge in [-0.15, -0.1) is 0 Å². The number of hydrogen-bond acceptors (Lipinski definition) is 3. The maximum Gasteiger partial charge on any atom is 0.243 e. The van der Waals surface area contributed by atoms with Crippen LogP contribution in [0.15, 0.2) is 34.2 Å². The number of piperidine rings is 1. The highest BCUT2D eigenvalue weighted by Crippen LogP contribution is 2.20. The second-order valence-corrected chi connectivity index (χ2v) is 8.25. The molecule has 1 aromatic carbocycles. The number of guanidine groups is 1. The average Bonchev–Trinajstić information content (AvgIpc) is 2.65. The molecule has 0 spiro atoms. The number of hydrogen-bond donors (Lipinski definition) is 2. The van der Waals surface area contributed by atoms with E-state index in [0.29, 0.717) is 24.5 Å². The van der Waals surface area contributed by atoms with Gasteiger partial charge < -0.3 is 10.6 Å². The molecule has 6 nitrogen and oxygen atoms in total. The molecule has 25 heavy (non-hydrogen) atoms. The molecular weight excluding hydrogens is 336 g/mol. The van der Waals surface area contributed by atoms with E-state index in [4.69, 9.17) is 0 Å². The molecule has 1 aliphatic heterocycles. The maximum atomic E-state index is 12.6. The van der Waals surface area contributed by atoms with Crippen LogP contribution in [0.4, 0.5) is 0 Å². The Morgan fingerprint density at radius 1 is 1.12 bits per heavy atom. The van der Waals surface area contributed by atoms with Gasteiger partial charge in [-0.25, -0.2) is 8.42 Å². The van der Waals surface area contributed by atoms with Crippen LogP contribution in [0.25, 0.3) is 0 Å². The molecule has 0 unspecified atom stereocenters. The normalized spacial score (nSPS) is 16.6. The molecule has 1 saturated heterocycles. The summed E-state index contributed by atoms with van der Waals surface area (Å²) in [6.45, 7) is 4.91. The smallest absolute Gasteiger partial charge is 0.243 e. The summed E-state index contributed by atoms with van der Waals surface area (Å²) in [5.74, 6) is 0.762. The minimum absolute atomic E-state index is 0.378. The zero-order valence-corrected chi connectivity index (χ0v) is 16.1. The Bertz CT molecular complexity index is 650. The zero-order valence-electron chi connectivity index (χ0n) is 15.3. The van der Waals surface area contributed by atoms with Crippen molar-refractivity contribution in [1.82, 2.24) is 14.9 Å². The molecule has 7 heteroatoms. The van der Waals surface area contributed by atoms with Crippen molar-refractivity contribution in [3.63, 3.8) is 0 Å². The first kappa shape index (κ1) is 19.7. The predicted molar refractivity (Wildman–Crippen MR) is 102 cm³/mol. The Hall–Kier alpha value is -1.60. The summed E-state index contributed by atoms with van der Waals surface area (Å²) in [6, 6.07) is 7.13. The van der Waals surface area contributed by atoms with Crippen LogP contribution in [0.3, 0.4) is 0 Å². The van der Waals surface area contributed by atoms with E-state index >= 15 is 0 Å². The third-order valence-corrected chi connectivity index (χ3v) is 6.30. The minimum Gasteiger partial charge on any atom is -0.356 e. The van der Waals surface area contributed by atoms with Gasteiger partial charge in [-0.1, -0.05) is 31.9 Å². The Kier molecular flexibility index (Phi) is 7.71. The summed E-state index contributed by atoms with van der Waals surface area (Å²) in [4.78, 5) is 4.56. The number of unbranched alkanes of at least 4 members (excludes halogenated alkanes) is 1. The van der Waals surface area contributed by atoms with Gasteiger partial charge in [0.1, 0.15) is 0 Å². The second kappa shape index (κ2) is 9.77. The predicted octanol–water partition coefficient (Wildman–Crippen LogP) is 2.33. The molecule has 0 aromatic heterocycles. The molecule has 2 N–H and O–H groups in total. The summed E-state index contributed by atoms with van der Waals surface area (Å²) in [5, 5.41) is 6.50. The van der Waals surface area contributed by atoms with E-state index < -0.39 is 10.0 Å². The number of sulfonamides is 1. The van der Waals surface area contributed by atoms with Crippen molar-refractivity contribution in [3.05, 3.63) is 29.8 Å². The largest absolute Gasteiger partial charge is 0.356 e. The van der Waals surface area contributed by atoms with Crippen LogP contribution in [0, 0.1) is 0 Å². The van der Waals surface area contributed by atoms with Gasteiger partial charge in [-0.2, -0.15) is 4.31 Å². The van der Waals surface area contributed by atoms with Crippen LogP contribution in [-0.4, -0.2) is 45.4 Å². The molecule has 1 aliphatic rings. The molecule has 0 radical (unpaired) electrons. The van der Waals surface area contributed by atoms with Crippen molar-refractivity contribution in [2.24, 2.45) is 4.99 Å². The summed E-state index contributed by atoms with van der Waals surface area (Å²) in [6.07, 6.45) is 5.25. The molecule has 0 saturated carbocycles. The van der Waals surface area contributed by atoms with E-state index in [-0.39, 0.29) is 0 Å². The van der Waals surface area contributed by atoms with Crippen LogP contribution < -0.4 is 10.6 Å². The van der Waals surface area contributed by atoms with Gasteiger partial charge in [0.15, 0.2) is 5.96 Å². The van der Waals surface area contributed by atoms with Crippen LogP contribution in [0.1, 0.15) is 44.6 Å². The van der Waals surface area contributed by atoms with Crippen molar-refractivity contribution in [1.29, 1.82) is 0 Å². The molecule has 0 bridgehead atoms. The first-order valence-electron chi connectivity index (χ1n) is 9.11. The highest BCUT2D eigenvalue weighted by Gasteiger charge is 2.25. The van der Waals surface area contributed by atoms with Gasteiger partial charge in [0.05, 0.1) is 4.90 Å². The zero-order chi connectivity index (χ0) is 18.1. The lowest BCUT2D eigenvalue weighted by molar-refractivity contribution is 0.346. The molecule has 1 fully saturated rings. The van der Waals surface area contributed by atoms with E-state index in [0.717, 1.165) is 50.2 Å². The Morgan fingerprint density at radius 2 is 1.80 bits per heavy atom. The first-order valence-corrected chi connectivity index (χ1v) is 10.6. The van der Waals surface area contributed by atoms with Crippen LogP contribution in [0.5, 0.6) is 0 Å². The van der Waals surface area contributed by atoms with Gasteiger partial charge in [0.25, 0.3) is 0 Å². The highest BCUT2D eigenvalue weighted by molar-refractivity contribution is 7.89. The summed E-state index contributed by atoms with van der Waals surface area (Å²) < 4.78 is 26.9. The maximum absolute atomic E-state index is 12.6. The van der Waals surface area contributed by atoms with E-state index in [9.17, 15) is 8.42 Å². The summed E-state index contributed by atoms with van der Waals surface area (Å²) >= 11 is 0. The molecule has 1 aromatic rings. The number of rotatable bonds is 7. The van der Waals surface area contributed by atoms with Gasteiger partial charge in [0.2, 0.25) is 10.0 Å². The second-order valence-electron chi connectivity index (χ2n) is 6.31. The van der Waals surface area contributed by atoms with Crippen molar-refractivity contribution in [2.45, 2.75) is 50.5 Å². The SMILES string of the molecule is CCCCNC(=NC)NCc1ccc(S(=O)(=O)N2CCCCC2)cc1. The van der Waals surface area contributed by atoms with Crippen molar-refractivity contribution in [3.8, 4) is 0 Å². The lowest BCUT2D eigenvalue weighted by Crippen LogP contribution is -2.37. The molecule has 0 amide bonds. The molecule has 1 heterocycles. The third kappa shape index (κ3) is 5.71. The fraction of sp³-hybridized carbons (Fsp3) is 0.611. The standard InChI is InChI=1S/C18H30N4O2S/c1-3-4-12-20-18(19-2)21-15-16-8-10-17(11-9-16)25(23,24)22-13-6-5-7-14-22/h8-11H,3-7,12-15H2,1-2H3,(H2,19,20,21). The minimum atomic E-state index is -3.35. The topological polar surface area (TPSA) is 73.8 Å². The third-order valence-electron chi connectivity index (χ3n) is 4.38. The monoisotopic (exact) mass is 366 g/mol. The Labute approximate surface area is 151 Å². The summed E-state index contributed by atoms with van der Waals surface area (Å²) in [5.41, 5.74) is 1.02. The first-order chi connectivity index (χ1) is 12.1. The lowest BCUT2D eigenvalue weighted by atomic mass is 10.2. The fourth-order valence-corrected chi connectivity index (χ4v) is 4.34. The number of aliphatic imine (C=N–C) groups is 1. The van der Waals surface area contributed by atoms with E-state index in [1.54, 1.807) is 23.5 Å². The average molecular weight is 367 g/mol. The molecule has 0 aliphatic carbocycles. The molecule has 140 valence electrons. The quantitative estimate of drug-likeness (QED) is 0.441. The van der Waals surface area contributed by atoms with Crippen LogP contribution >= 0.6 is 0 Å². The highest BCUT2D eigenvalue weighted by atomic mass is 32.2. The van der Waals surface area contributed by atoms with Crippen LogP contribution in [0.2, 0.25) is 0 Å². The van der Waals surface area contributed by atoms with Gasteiger partial charge in [-0.05, 0) is 37.0 Å². The number of nitrogens with zero attached hydrogens (tertiary/aromatic N) is 2. The van der Waals surface area contributed by atoms with Crippen molar-refractivity contribution in [2.75, 3.05) is 26.7 Å². The molecular formula is C18H30N4O2S. The Morgan fingerprint density at radius 3 is 2.40 bits per heavy atom. The number of nitrogens with one attached hydrogen (secondary N) is 2. The van der Waals surface area contributed by atoms with E-state index in [1.165, 1.54) is 0 Å². The van der Waals surface area contributed by atoms with Gasteiger partial charge in [-0.3, -0.25) is 4.99 Å². The van der Waals surface area contributed by atoms with E-state index in [2.05, 4.69) is 22.5 Å². The van der Waals surface area contributed by atoms with Crippen molar-refractivity contribution < 1.29 is 8.42 Å². The summed E-state index contributed by atoms with van der Waals surface area (Å²) in [7, 11) is -1.61. The fourth-order valence-electron chi connectivity index (χ4n) is 2.82. The van der Waals surface area contributed by atoms with Gasteiger partial charge >= 0.3 is 0 Å². The van der Waals surface area contributed by atoms with Crippen molar-refractivity contribution >= 4 is 16.0 Å². The Balaban J connectivity index is 1.93. The van der Waals surface area contributed by atoms with Gasteiger partial charge in [0, 0.05) is 33.2 Å². The number of benzene rings is 1. The molecule has 0 atom stereocenters. The molecule has 2 rings (SSSR count).